The van der Waals surface area contributed by atoms with E-state index in [4.69, 9.17) is 4.74 Å². The molecule has 0 spiro atoms. The van der Waals surface area contributed by atoms with E-state index in [1.54, 1.807) is 18.2 Å². The van der Waals surface area contributed by atoms with E-state index < -0.39 is 18.5 Å². The van der Waals surface area contributed by atoms with Crippen molar-refractivity contribution >= 4 is 28.3 Å². The zero-order valence-corrected chi connectivity index (χ0v) is 14.6. The topological polar surface area (TPSA) is 75.6 Å². The van der Waals surface area contributed by atoms with Crippen LogP contribution in [0.4, 0.5) is 5.69 Å². The molecule has 0 aromatic heterocycles. The second kappa shape index (κ2) is 7.27. The Balaban J connectivity index is 1.69. The van der Waals surface area contributed by atoms with Crippen LogP contribution >= 0.6 is 0 Å². The number of para-hydroxylation sites is 1. The third-order valence-corrected chi connectivity index (χ3v) is 4.20. The molecule has 0 radical (unpaired) electrons. The van der Waals surface area contributed by atoms with Gasteiger partial charge in [-0.15, -0.1) is 0 Å². The number of nitrogens with one attached hydrogen (secondary N) is 1. The third-order valence-electron chi connectivity index (χ3n) is 4.20. The first-order chi connectivity index (χ1) is 12.5. The summed E-state index contributed by atoms with van der Waals surface area (Å²) in [4.78, 5) is 24.3. The van der Waals surface area contributed by atoms with Crippen molar-refractivity contribution in [2.45, 2.75) is 13.8 Å². The maximum absolute atomic E-state index is 12.2. The fourth-order valence-electron chi connectivity index (χ4n) is 2.82. The summed E-state index contributed by atoms with van der Waals surface area (Å²) in [5.74, 6) is -1.33. The van der Waals surface area contributed by atoms with E-state index in [9.17, 15) is 14.7 Å². The lowest BCUT2D eigenvalue weighted by Crippen LogP contribution is -2.21. The summed E-state index contributed by atoms with van der Waals surface area (Å²) in [5, 5.41) is 14.4. The van der Waals surface area contributed by atoms with Gasteiger partial charge in [-0.2, -0.15) is 0 Å². The number of aromatic hydroxyl groups is 1. The molecular formula is C21H19NO4. The molecule has 3 aromatic rings. The molecule has 26 heavy (non-hydrogen) atoms. The number of esters is 1. The highest BCUT2D eigenvalue weighted by molar-refractivity contribution is 6.02. The highest BCUT2D eigenvalue weighted by Gasteiger charge is 2.17. The summed E-state index contributed by atoms with van der Waals surface area (Å²) in [6.45, 7) is 3.35. The zero-order chi connectivity index (χ0) is 18.7. The molecule has 5 heteroatoms. The lowest BCUT2D eigenvalue weighted by atomic mass is 10.1. The number of rotatable bonds is 4. The average molecular weight is 349 g/mol. The fourth-order valence-corrected chi connectivity index (χ4v) is 2.82. The number of phenols is 1. The highest BCUT2D eigenvalue weighted by atomic mass is 16.5. The number of benzene rings is 3. The predicted molar refractivity (Wildman–Crippen MR) is 100 cm³/mol. The SMILES string of the molecule is Cc1cccc(C)c1NC(=O)COC(=O)c1ccc2ccccc2c1O. The van der Waals surface area contributed by atoms with Gasteiger partial charge in [0.25, 0.3) is 5.91 Å². The summed E-state index contributed by atoms with van der Waals surface area (Å²) in [6, 6.07) is 16.1. The van der Waals surface area contributed by atoms with E-state index in [1.807, 2.05) is 44.2 Å². The Morgan fingerprint density at radius 2 is 1.65 bits per heavy atom. The van der Waals surface area contributed by atoms with Gasteiger partial charge in [0, 0.05) is 11.1 Å². The maximum Gasteiger partial charge on any atom is 0.342 e. The van der Waals surface area contributed by atoms with Crippen LogP contribution < -0.4 is 5.32 Å². The van der Waals surface area contributed by atoms with E-state index in [0.29, 0.717) is 11.1 Å². The molecule has 132 valence electrons. The summed E-state index contributed by atoms with van der Waals surface area (Å²) in [5.41, 5.74) is 2.60. The first kappa shape index (κ1) is 17.5. The number of hydrogen-bond acceptors (Lipinski definition) is 4. The van der Waals surface area contributed by atoms with Crippen molar-refractivity contribution < 1.29 is 19.4 Å². The van der Waals surface area contributed by atoms with E-state index in [1.165, 1.54) is 6.07 Å². The van der Waals surface area contributed by atoms with Crippen LogP contribution in [0.1, 0.15) is 21.5 Å². The van der Waals surface area contributed by atoms with Crippen LogP contribution in [0, 0.1) is 13.8 Å². The lowest BCUT2D eigenvalue weighted by Gasteiger charge is -2.12. The standard InChI is InChI=1S/C21H19NO4/c1-13-6-5-7-14(2)19(13)22-18(23)12-26-21(25)17-11-10-15-8-3-4-9-16(15)20(17)24/h3-11,24H,12H2,1-2H3,(H,22,23). The average Bonchev–Trinajstić information content (AvgIpc) is 2.63. The highest BCUT2D eigenvalue weighted by Crippen LogP contribution is 2.29. The van der Waals surface area contributed by atoms with Crippen LogP contribution in [-0.2, 0) is 9.53 Å². The molecule has 1 amide bonds. The number of phenolic OH excluding ortho intramolecular Hbond substituents is 1. The van der Waals surface area contributed by atoms with Gasteiger partial charge in [-0.1, -0.05) is 48.5 Å². The van der Waals surface area contributed by atoms with Gasteiger partial charge in [-0.25, -0.2) is 4.79 Å². The van der Waals surface area contributed by atoms with Gasteiger partial charge < -0.3 is 15.2 Å². The Hall–Kier alpha value is -3.34. The number of amides is 1. The minimum Gasteiger partial charge on any atom is -0.506 e. The maximum atomic E-state index is 12.2. The Kier molecular flexibility index (Phi) is 4.89. The summed E-state index contributed by atoms with van der Waals surface area (Å²) in [6.07, 6.45) is 0. The van der Waals surface area contributed by atoms with E-state index >= 15 is 0 Å². The molecule has 0 aliphatic rings. The zero-order valence-electron chi connectivity index (χ0n) is 14.6. The van der Waals surface area contributed by atoms with Crippen LogP contribution in [0.3, 0.4) is 0 Å². The van der Waals surface area contributed by atoms with Gasteiger partial charge in [-0.3, -0.25) is 4.79 Å². The molecular weight excluding hydrogens is 330 g/mol. The number of hydrogen-bond donors (Lipinski definition) is 2. The van der Waals surface area contributed by atoms with Crippen LogP contribution in [0.5, 0.6) is 5.75 Å². The van der Waals surface area contributed by atoms with Gasteiger partial charge in [0.05, 0.1) is 0 Å². The molecule has 0 heterocycles. The Morgan fingerprint density at radius 1 is 0.962 bits per heavy atom. The predicted octanol–water partition coefficient (Wildman–Crippen LogP) is 3.96. The molecule has 5 nitrogen and oxygen atoms in total. The van der Waals surface area contributed by atoms with Crippen molar-refractivity contribution in [3.8, 4) is 5.75 Å². The first-order valence-electron chi connectivity index (χ1n) is 8.21. The number of aryl methyl sites for hydroxylation is 2. The molecule has 0 bridgehead atoms. The normalized spacial score (nSPS) is 10.5. The first-order valence-corrected chi connectivity index (χ1v) is 8.21. The number of ether oxygens (including phenoxy) is 1. The largest absolute Gasteiger partial charge is 0.506 e. The number of carbonyl (C=O) groups excluding carboxylic acids is 2. The monoisotopic (exact) mass is 349 g/mol. The molecule has 0 saturated heterocycles. The summed E-state index contributed by atoms with van der Waals surface area (Å²) < 4.78 is 5.06. The van der Waals surface area contributed by atoms with Gasteiger partial charge >= 0.3 is 5.97 Å². The molecule has 0 atom stereocenters. The van der Waals surface area contributed by atoms with E-state index in [2.05, 4.69) is 5.32 Å². The van der Waals surface area contributed by atoms with Crippen molar-refractivity contribution in [2.24, 2.45) is 0 Å². The Bertz CT molecular complexity index is 974. The second-order valence-electron chi connectivity index (χ2n) is 6.07. The van der Waals surface area contributed by atoms with Crippen molar-refractivity contribution in [1.82, 2.24) is 0 Å². The molecule has 0 aliphatic heterocycles. The van der Waals surface area contributed by atoms with Gasteiger partial charge in [-0.05, 0) is 36.4 Å². The second-order valence-corrected chi connectivity index (χ2v) is 6.07. The molecule has 0 fully saturated rings. The summed E-state index contributed by atoms with van der Waals surface area (Å²) in [7, 11) is 0. The number of anilines is 1. The fraction of sp³-hybridized carbons (Fsp3) is 0.143. The Labute approximate surface area is 151 Å². The molecule has 0 unspecified atom stereocenters. The smallest absolute Gasteiger partial charge is 0.342 e. The van der Waals surface area contributed by atoms with E-state index in [0.717, 1.165) is 16.5 Å². The number of carbonyl (C=O) groups is 2. The van der Waals surface area contributed by atoms with Crippen molar-refractivity contribution in [1.29, 1.82) is 0 Å². The summed E-state index contributed by atoms with van der Waals surface area (Å²) >= 11 is 0. The lowest BCUT2D eigenvalue weighted by molar-refractivity contribution is -0.119. The quantitative estimate of drug-likeness (QED) is 0.699. The van der Waals surface area contributed by atoms with Crippen molar-refractivity contribution in [2.75, 3.05) is 11.9 Å². The minimum absolute atomic E-state index is 0.0311. The molecule has 0 saturated carbocycles. The molecule has 3 rings (SSSR count). The molecule has 2 N–H and O–H groups in total. The van der Waals surface area contributed by atoms with E-state index in [-0.39, 0.29) is 11.3 Å². The van der Waals surface area contributed by atoms with Crippen molar-refractivity contribution in [3.05, 3.63) is 71.3 Å². The van der Waals surface area contributed by atoms with Crippen molar-refractivity contribution in [3.63, 3.8) is 0 Å². The Morgan fingerprint density at radius 3 is 2.38 bits per heavy atom. The molecule has 3 aromatic carbocycles. The van der Waals surface area contributed by atoms with Gasteiger partial charge in [0.2, 0.25) is 0 Å². The van der Waals surface area contributed by atoms with Crippen LogP contribution in [0.2, 0.25) is 0 Å². The van der Waals surface area contributed by atoms with Crippen LogP contribution in [0.25, 0.3) is 10.8 Å². The molecule has 0 aliphatic carbocycles. The third kappa shape index (κ3) is 3.52. The van der Waals surface area contributed by atoms with Crippen LogP contribution in [-0.4, -0.2) is 23.6 Å². The minimum atomic E-state index is -0.745. The van der Waals surface area contributed by atoms with Crippen LogP contribution in [0.15, 0.2) is 54.6 Å². The number of fused-ring (bicyclic) bond motifs is 1. The van der Waals surface area contributed by atoms with Gasteiger partial charge in [0.15, 0.2) is 6.61 Å². The van der Waals surface area contributed by atoms with Gasteiger partial charge in [0.1, 0.15) is 11.3 Å².